The molecule has 0 aliphatic carbocycles. The van der Waals surface area contributed by atoms with E-state index in [1.165, 1.54) is 51.9 Å². The van der Waals surface area contributed by atoms with Gasteiger partial charge in [-0.3, -0.25) is 4.79 Å². The van der Waals surface area contributed by atoms with Gasteiger partial charge in [0.2, 0.25) is 6.29 Å². The maximum absolute atomic E-state index is 12.1. The highest BCUT2D eigenvalue weighted by molar-refractivity contribution is 5.72. The smallest absolute Gasteiger partial charge is 0.311 e. The fourth-order valence-electron chi connectivity index (χ4n) is 2.70. The van der Waals surface area contributed by atoms with E-state index >= 15 is 0 Å². The first-order valence-corrected chi connectivity index (χ1v) is 9.46. The van der Waals surface area contributed by atoms with Crippen molar-refractivity contribution in [1.82, 2.24) is 0 Å². The first-order valence-electron chi connectivity index (χ1n) is 9.46. The van der Waals surface area contributed by atoms with Crippen molar-refractivity contribution < 1.29 is 19.7 Å². The molecular formula is C19H38O4. The summed E-state index contributed by atoms with van der Waals surface area (Å²) < 4.78 is 4.93. The Balaban J connectivity index is 3.86. The predicted octanol–water partition coefficient (Wildman–Crippen LogP) is 4.42. The number of carbonyl (C=O) groups is 1. The molecule has 138 valence electrons. The fourth-order valence-corrected chi connectivity index (χ4v) is 2.70. The molecule has 0 amide bonds. The van der Waals surface area contributed by atoms with E-state index in [-0.39, 0.29) is 11.8 Å². The van der Waals surface area contributed by atoms with Crippen molar-refractivity contribution in [2.24, 2.45) is 11.8 Å². The average molecular weight is 331 g/mol. The Morgan fingerprint density at radius 3 is 1.78 bits per heavy atom. The molecule has 3 atom stereocenters. The second-order valence-corrected chi connectivity index (χ2v) is 7.04. The summed E-state index contributed by atoms with van der Waals surface area (Å²) >= 11 is 0. The fraction of sp³-hybridized carbons (Fsp3) is 0.947. The van der Waals surface area contributed by atoms with Crippen LogP contribution in [0.4, 0.5) is 0 Å². The van der Waals surface area contributed by atoms with E-state index in [1.807, 2.05) is 13.8 Å². The van der Waals surface area contributed by atoms with E-state index in [9.17, 15) is 15.0 Å². The van der Waals surface area contributed by atoms with Crippen molar-refractivity contribution in [3.63, 3.8) is 0 Å². The maximum Gasteiger partial charge on any atom is 0.311 e. The van der Waals surface area contributed by atoms with Gasteiger partial charge in [0.15, 0.2) is 0 Å². The van der Waals surface area contributed by atoms with Crippen LogP contribution in [0.3, 0.4) is 0 Å². The van der Waals surface area contributed by atoms with E-state index in [0.717, 1.165) is 19.3 Å². The van der Waals surface area contributed by atoms with Gasteiger partial charge >= 0.3 is 5.97 Å². The Bertz CT molecular complexity index is 289. The molecule has 0 aliphatic heterocycles. The molecule has 0 heterocycles. The zero-order valence-corrected chi connectivity index (χ0v) is 15.6. The van der Waals surface area contributed by atoms with E-state index in [0.29, 0.717) is 0 Å². The minimum atomic E-state index is -1.42. The number of carbonyl (C=O) groups excluding carboxylic acids is 1. The third-order valence-corrected chi connectivity index (χ3v) is 4.38. The highest BCUT2D eigenvalue weighted by atomic mass is 16.6. The quantitative estimate of drug-likeness (QED) is 0.281. The molecule has 2 N–H and O–H groups in total. The Hall–Kier alpha value is -0.610. The van der Waals surface area contributed by atoms with Gasteiger partial charge in [-0.05, 0) is 19.3 Å². The highest BCUT2D eigenvalue weighted by Crippen LogP contribution is 2.22. The molecule has 0 saturated heterocycles. The van der Waals surface area contributed by atoms with Gasteiger partial charge in [0, 0.05) is 0 Å². The number of unbranched alkanes of at least 4 members (excludes halogenated alkanes) is 8. The van der Waals surface area contributed by atoms with Crippen LogP contribution >= 0.6 is 0 Å². The molecule has 0 radical (unpaired) electrons. The van der Waals surface area contributed by atoms with Crippen molar-refractivity contribution in [2.75, 3.05) is 0 Å². The average Bonchev–Trinajstić information content (AvgIpc) is 2.48. The number of aliphatic hydroxyl groups excluding tert-OH is 2. The van der Waals surface area contributed by atoms with Gasteiger partial charge in [-0.1, -0.05) is 78.6 Å². The molecule has 0 saturated carbocycles. The van der Waals surface area contributed by atoms with Gasteiger partial charge in [-0.2, -0.15) is 0 Å². The van der Waals surface area contributed by atoms with Gasteiger partial charge in [0.1, 0.15) is 6.10 Å². The van der Waals surface area contributed by atoms with Crippen LogP contribution < -0.4 is 0 Å². The van der Waals surface area contributed by atoms with Gasteiger partial charge < -0.3 is 14.9 Å². The van der Waals surface area contributed by atoms with E-state index in [4.69, 9.17) is 4.74 Å². The van der Waals surface area contributed by atoms with E-state index < -0.39 is 18.4 Å². The minimum Gasteiger partial charge on any atom is -0.433 e. The minimum absolute atomic E-state index is 0.178. The number of hydrogen-bond donors (Lipinski definition) is 2. The molecule has 0 bridgehead atoms. The lowest BCUT2D eigenvalue weighted by atomic mass is 9.90. The molecule has 0 rings (SSSR count). The first kappa shape index (κ1) is 22.4. The summed E-state index contributed by atoms with van der Waals surface area (Å²) in [6.07, 6.45) is 9.60. The summed E-state index contributed by atoms with van der Waals surface area (Å²) in [4.78, 5) is 12.1. The number of rotatable bonds is 14. The van der Waals surface area contributed by atoms with Gasteiger partial charge in [-0.15, -0.1) is 0 Å². The first-order chi connectivity index (χ1) is 10.9. The summed E-state index contributed by atoms with van der Waals surface area (Å²) in [6, 6.07) is 0. The number of esters is 1. The van der Waals surface area contributed by atoms with Crippen molar-refractivity contribution in [2.45, 2.75) is 104 Å². The Kier molecular flexibility index (Phi) is 13.4. The van der Waals surface area contributed by atoms with Crippen LogP contribution in [0.5, 0.6) is 0 Å². The third kappa shape index (κ3) is 11.5. The molecule has 0 spiro atoms. The number of aliphatic hydroxyl groups is 2. The van der Waals surface area contributed by atoms with Crippen LogP contribution in [0.25, 0.3) is 0 Å². The van der Waals surface area contributed by atoms with Crippen molar-refractivity contribution in [3.8, 4) is 0 Å². The Labute approximate surface area is 142 Å². The molecule has 23 heavy (non-hydrogen) atoms. The predicted molar refractivity (Wildman–Crippen MR) is 94.0 cm³/mol. The van der Waals surface area contributed by atoms with Gasteiger partial charge in [0.05, 0.1) is 5.92 Å². The molecule has 0 aromatic rings. The SMILES string of the molecule is CCCCCCCCCCCC(C(=O)OC(O)C(C)O)C(C)C. The Morgan fingerprint density at radius 2 is 1.35 bits per heavy atom. The maximum atomic E-state index is 12.1. The standard InChI is InChI=1S/C19H38O4/c1-5-6-7-8-9-10-11-12-13-14-17(15(2)3)19(22)23-18(21)16(4)20/h15-18,20-21H,5-14H2,1-4H3. The van der Waals surface area contributed by atoms with Crippen LogP contribution in [0.2, 0.25) is 0 Å². The highest BCUT2D eigenvalue weighted by Gasteiger charge is 2.26. The largest absolute Gasteiger partial charge is 0.433 e. The number of hydrogen-bond acceptors (Lipinski definition) is 4. The summed E-state index contributed by atoms with van der Waals surface area (Å²) in [5.41, 5.74) is 0. The summed E-state index contributed by atoms with van der Waals surface area (Å²) in [5.74, 6) is -0.418. The third-order valence-electron chi connectivity index (χ3n) is 4.38. The van der Waals surface area contributed by atoms with Crippen molar-refractivity contribution in [3.05, 3.63) is 0 Å². The van der Waals surface area contributed by atoms with Gasteiger partial charge in [-0.25, -0.2) is 0 Å². The molecular weight excluding hydrogens is 292 g/mol. The van der Waals surface area contributed by atoms with Gasteiger partial charge in [0.25, 0.3) is 0 Å². The monoisotopic (exact) mass is 330 g/mol. The lowest BCUT2D eigenvalue weighted by Gasteiger charge is -2.22. The molecule has 3 unspecified atom stereocenters. The number of ether oxygens (including phenoxy) is 1. The molecule has 0 aliphatic rings. The Morgan fingerprint density at radius 1 is 0.870 bits per heavy atom. The lowest BCUT2D eigenvalue weighted by molar-refractivity contribution is -0.190. The zero-order valence-electron chi connectivity index (χ0n) is 15.6. The second-order valence-electron chi connectivity index (χ2n) is 7.04. The molecule has 4 heteroatoms. The summed E-state index contributed by atoms with van der Waals surface area (Å²) in [5, 5.41) is 18.7. The van der Waals surface area contributed by atoms with Crippen LogP contribution in [-0.4, -0.2) is 28.6 Å². The zero-order chi connectivity index (χ0) is 17.7. The van der Waals surface area contributed by atoms with Crippen LogP contribution in [0.1, 0.15) is 91.9 Å². The summed E-state index contributed by atoms with van der Waals surface area (Å²) in [7, 11) is 0. The topological polar surface area (TPSA) is 66.8 Å². The van der Waals surface area contributed by atoms with E-state index in [2.05, 4.69) is 6.92 Å². The van der Waals surface area contributed by atoms with Crippen LogP contribution in [-0.2, 0) is 9.53 Å². The van der Waals surface area contributed by atoms with Crippen molar-refractivity contribution >= 4 is 5.97 Å². The lowest BCUT2D eigenvalue weighted by Crippen LogP contribution is -2.33. The van der Waals surface area contributed by atoms with E-state index in [1.54, 1.807) is 0 Å². The molecule has 0 fully saturated rings. The second kappa shape index (κ2) is 13.8. The molecule has 0 aromatic carbocycles. The van der Waals surface area contributed by atoms with Crippen LogP contribution in [0, 0.1) is 11.8 Å². The van der Waals surface area contributed by atoms with Crippen molar-refractivity contribution in [1.29, 1.82) is 0 Å². The molecule has 4 nitrogen and oxygen atoms in total. The normalized spacial score (nSPS) is 15.4. The van der Waals surface area contributed by atoms with Crippen LogP contribution in [0.15, 0.2) is 0 Å². The molecule has 0 aromatic heterocycles. The summed E-state index contributed by atoms with van der Waals surface area (Å²) in [6.45, 7) is 7.63.